The van der Waals surface area contributed by atoms with E-state index in [-0.39, 0.29) is 18.3 Å². The van der Waals surface area contributed by atoms with E-state index in [4.69, 9.17) is 4.74 Å². The fourth-order valence-corrected chi connectivity index (χ4v) is 2.90. The Labute approximate surface area is 155 Å². The smallest absolute Gasteiger partial charge is 0.251 e. The molecular weight excluding hydrogens is 336 g/mol. The van der Waals surface area contributed by atoms with E-state index in [9.17, 15) is 4.79 Å². The molecule has 1 amide bonds. The number of amides is 1. The summed E-state index contributed by atoms with van der Waals surface area (Å²) in [6.45, 7) is 3.44. The Balaban J connectivity index is 0.00000225. The van der Waals surface area contributed by atoms with Gasteiger partial charge in [-0.1, -0.05) is 30.3 Å². The molecule has 1 heterocycles. The maximum absolute atomic E-state index is 12.1. The molecular formula is C20H25ClN2O2. The first kappa shape index (κ1) is 19.3. The van der Waals surface area contributed by atoms with Crippen molar-refractivity contribution in [1.29, 1.82) is 0 Å². The SMILES string of the molecule is Cl.O=C(NCCC1CCNC1)c1ccc(OCc2ccccc2)cc1. The van der Waals surface area contributed by atoms with Gasteiger partial charge in [0.15, 0.2) is 0 Å². The van der Waals surface area contributed by atoms with Crippen molar-refractivity contribution in [2.75, 3.05) is 19.6 Å². The van der Waals surface area contributed by atoms with Crippen LogP contribution in [0.15, 0.2) is 54.6 Å². The van der Waals surface area contributed by atoms with E-state index < -0.39 is 0 Å². The zero-order valence-electron chi connectivity index (χ0n) is 14.2. The zero-order valence-corrected chi connectivity index (χ0v) is 15.1. The lowest BCUT2D eigenvalue weighted by Gasteiger charge is -2.10. The Morgan fingerprint density at radius 1 is 1.12 bits per heavy atom. The van der Waals surface area contributed by atoms with E-state index in [1.165, 1.54) is 6.42 Å². The van der Waals surface area contributed by atoms with Crippen molar-refractivity contribution in [1.82, 2.24) is 10.6 Å². The van der Waals surface area contributed by atoms with E-state index in [1.54, 1.807) is 0 Å². The molecule has 4 nitrogen and oxygen atoms in total. The zero-order chi connectivity index (χ0) is 16.6. The number of carbonyl (C=O) groups excluding carboxylic acids is 1. The molecule has 2 aromatic carbocycles. The topological polar surface area (TPSA) is 50.4 Å². The summed E-state index contributed by atoms with van der Waals surface area (Å²) in [4.78, 5) is 12.1. The highest BCUT2D eigenvalue weighted by Crippen LogP contribution is 2.15. The van der Waals surface area contributed by atoms with Gasteiger partial charge in [0.25, 0.3) is 5.91 Å². The van der Waals surface area contributed by atoms with Crippen LogP contribution in [0.1, 0.15) is 28.8 Å². The van der Waals surface area contributed by atoms with Crippen LogP contribution in [-0.4, -0.2) is 25.5 Å². The lowest BCUT2D eigenvalue weighted by Crippen LogP contribution is -2.26. The van der Waals surface area contributed by atoms with Crippen molar-refractivity contribution in [2.24, 2.45) is 5.92 Å². The van der Waals surface area contributed by atoms with Gasteiger partial charge < -0.3 is 15.4 Å². The minimum Gasteiger partial charge on any atom is -0.489 e. The second-order valence-corrected chi connectivity index (χ2v) is 6.20. The van der Waals surface area contributed by atoms with E-state index in [0.717, 1.165) is 37.4 Å². The largest absolute Gasteiger partial charge is 0.489 e. The number of halogens is 1. The number of hydrogen-bond donors (Lipinski definition) is 2. The molecule has 1 atom stereocenters. The highest BCUT2D eigenvalue weighted by molar-refractivity contribution is 5.94. The summed E-state index contributed by atoms with van der Waals surface area (Å²) >= 11 is 0. The number of benzene rings is 2. The predicted molar refractivity (Wildman–Crippen MR) is 102 cm³/mol. The first-order valence-electron chi connectivity index (χ1n) is 8.57. The summed E-state index contributed by atoms with van der Waals surface area (Å²) in [5.74, 6) is 1.45. The molecule has 0 radical (unpaired) electrons. The summed E-state index contributed by atoms with van der Waals surface area (Å²) in [5.41, 5.74) is 1.80. The Morgan fingerprint density at radius 3 is 2.56 bits per heavy atom. The molecule has 5 heteroatoms. The van der Waals surface area contributed by atoms with Crippen LogP contribution in [0.3, 0.4) is 0 Å². The first-order valence-corrected chi connectivity index (χ1v) is 8.57. The average Bonchev–Trinajstić information content (AvgIpc) is 3.15. The average molecular weight is 361 g/mol. The molecule has 0 aromatic heterocycles. The summed E-state index contributed by atoms with van der Waals surface area (Å²) in [7, 11) is 0. The minimum absolute atomic E-state index is 0. The fourth-order valence-electron chi connectivity index (χ4n) is 2.90. The highest BCUT2D eigenvalue weighted by atomic mass is 35.5. The number of rotatable bonds is 7. The van der Waals surface area contributed by atoms with Crippen LogP contribution >= 0.6 is 12.4 Å². The van der Waals surface area contributed by atoms with Crippen molar-refractivity contribution < 1.29 is 9.53 Å². The lowest BCUT2D eigenvalue weighted by molar-refractivity contribution is 0.0951. The van der Waals surface area contributed by atoms with E-state index in [0.29, 0.717) is 18.1 Å². The standard InChI is InChI=1S/C20H24N2O2.ClH/c23-20(22-13-11-16-10-12-21-14-16)18-6-8-19(9-7-18)24-15-17-4-2-1-3-5-17;/h1-9,16,21H,10-15H2,(H,22,23);1H. The lowest BCUT2D eigenvalue weighted by atomic mass is 10.1. The molecule has 0 saturated carbocycles. The maximum atomic E-state index is 12.1. The molecule has 1 aliphatic heterocycles. The normalized spacial score (nSPS) is 16.1. The Kier molecular flexibility index (Phi) is 7.76. The van der Waals surface area contributed by atoms with Gasteiger partial charge in [0.1, 0.15) is 12.4 Å². The number of nitrogens with one attached hydrogen (secondary N) is 2. The quantitative estimate of drug-likeness (QED) is 0.795. The van der Waals surface area contributed by atoms with Crippen LogP contribution in [0, 0.1) is 5.92 Å². The highest BCUT2D eigenvalue weighted by Gasteiger charge is 2.14. The van der Waals surface area contributed by atoms with Gasteiger partial charge in [-0.2, -0.15) is 0 Å². The monoisotopic (exact) mass is 360 g/mol. The van der Waals surface area contributed by atoms with Crippen LogP contribution in [0.25, 0.3) is 0 Å². The van der Waals surface area contributed by atoms with Crippen LogP contribution in [0.4, 0.5) is 0 Å². The Morgan fingerprint density at radius 2 is 1.88 bits per heavy atom. The third-order valence-corrected chi connectivity index (χ3v) is 4.37. The molecule has 1 saturated heterocycles. The molecule has 0 aliphatic carbocycles. The minimum atomic E-state index is -0.0180. The van der Waals surface area contributed by atoms with Crippen molar-refractivity contribution >= 4 is 18.3 Å². The van der Waals surface area contributed by atoms with Gasteiger partial charge in [-0.3, -0.25) is 4.79 Å². The van der Waals surface area contributed by atoms with E-state index >= 15 is 0 Å². The second-order valence-electron chi connectivity index (χ2n) is 6.20. The van der Waals surface area contributed by atoms with Gasteiger partial charge in [-0.15, -0.1) is 12.4 Å². The molecule has 1 aliphatic rings. The summed E-state index contributed by atoms with van der Waals surface area (Å²) in [5, 5.41) is 6.34. The van der Waals surface area contributed by atoms with Crippen molar-refractivity contribution in [2.45, 2.75) is 19.4 Å². The summed E-state index contributed by atoms with van der Waals surface area (Å²) in [6, 6.07) is 17.3. The Bertz CT molecular complexity index is 641. The van der Waals surface area contributed by atoms with Gasteiger partial charge >= 0.3 is 0 Å². The molecule has 134 valence electrons. The van der Waals surface area contributed by atoms with E-state index in [2.05, 4.69) is 10.6 Å². The van der Waals surface area contributed by atoms with Gasteiger partial charge in [-0.05, 0) is 61.7 Å². The van der Waals surface area contributed by atoms with Crippen molar-refractivity contribution in [3.8, 4) is 5.75 Å². The van der Waals surface area contributed by atoms with Crippen LogP contribution in [0.2, 0.25) is 0 Å². The molecule has 0 spiro atoms. The third-order valence-electron chi connectivity index (χ3n) is 4.37. The number of ether oxygens (including phenoxy) is 1. The van der Waals surface area contributed by atoms with Gasteiger partial charge in [0, 0.05) is 12.1 Å². The predicted octanol–water partition coefficient (Wildman–Crippen LogP) is 3.42. The molecule has 3 rings (SSSR count). The molecule has 0 bridgehead atoms. The van der Waals surface area contributed by atoms with Gasteiger partial charge in [0.05, 0.1) is 0 Å². The van der Waals surface area contributed by atoms with Crippen molar-refractivity contribution in [3.05, 3.63) is 65.7 Å². The van der Waals surface area contributed by atoms with Gasteiger partial charge in [-0.25, -0.2) is 0 Å². The fraction of sp³-hybridized carbons (Fsp3) is 0.350. The van der Waals surface area contributed by atoms with Crippen LogP contribution in [-0.2, 0) is 6.61 Å². The molecule has 2 aromatic rings. The molecule has 1 fully saturated rings. The second kappa shape index (κ2) is 10.1. The molecule has 1 unspecified atom stereocenters. The van der Waals surface area contributed by atoms with E-state index in [1.807, 2.05) is 54.6 Å². The maximum Gasteiger partial charge on any atom is 0.251 e. The number of hydrogen-bond acceptors (Lipinski definition) is 3. The van der Waals surface area contributed by atoms with Crippen molar-refractivity contribution in [3.63, 3.8) is 0 Å². The molecule has 2 N–H and O–H groups in total. The first-order chi connectivity index (χ1) is 11.8. The van der Waals surface area contributed by atoms with Gasteiger partial charge in [0.2, 0.25) is 0 Å². The third kappa shape index (κ3) is 6.07. The van der Waals surface area contributed by atoms with Crippen LogP contribution in [0.5, 0.6) is 5.75 Å². The summed E-state index contributed by atoms with van der Waals surface area (Å²) in [6.07, 6.45) is 2.25. The Hall–Kier alpha value is -2.04. The van der Waals surface area contributed by atoms with Crippen LogP contribution < -0.4 is 15.4 Å². The summed E-state index contributed by atoms with van der Waals surface area (Å²) < 4.78 is 5.74. The molecule has 25 heavy (non-hydrogen) atoms. The number of carbonyl (C=O) groups is 1.